The Labute approximate surface area is 174 Å². The average molecular weight is 401 g/mol. The molecule has 0 spiro atoms. The Bertz CT molecular complexity index is 1140. The number of ether oxygens (including phenoxy) is 2. The number of nitrogens with zero attached hydrogens (tertiary/aromatic N) is 2. The fourth-order valence-electron chi connectivity index (χ4n) is 3.82. The fraction of sp³-hybridized carbons (Fsp3) is 0.250. The van der Waals surface area contributed by atoms with Gasteiger partial charge in [-0.1, -0.05) is 60.7 Å². The molecule has 6 nitrogen and oxygen atoms in total. The normalized spacial score (nSPS) is 17.8. The summed E-state index contributed by atoms with van der Waals surface area (Å²) in [5, 5.41) is 4.26. The van der Waals surface area contributed by atoms with E-state index in [2.05, 4.69) is 39.6 Å². The topological polar surface area (TPSA) is 69.4 Å². The molecular weight excluding hydrogens is 378 g/mol. The third-order valence-electron chi connectivity index (χ3n) is 5.31. The number of hydrogen-bond acceptors (Lipinski definition) is 6. The molecule has 3 aromatic rings. The third-order valence-corrected chi connectivity index (χ3v) is 5.31. The zero-order chi connectivity index (χ0) is 20.4. The summed E-state index contributed by atoms with van der Waals surface area (Å²) in [4.78, 5) is 8.94. The lowest BCUT2D eigenvalue weighted by Gasteiger charge is -2.23. The molecule has 6 heteroatoms. The van der Waals surface area contributed by atoms with E-state index in [-0.39, 0.29) is 0 Å². The molecule has 30 heavy (non-hydrogen) atoms. The van der Waals surface area contributed by atoms with Crippen molar-refractivity contribution in [2.24, 2.45) is 0 Å². The molecule has 1 N–H and O–H groups in total. The minimum atomic E-state index is -0.670. The van der Waals surface area contributed by atoms with Gasteiger partial charge in [0.15, 0.2) is 5.79 Å². The minimum absolute atomic E-state index is 0.474. The number of allylic oxidation sites excluding steroid dienone is 6. The van der Waals surface area contributed by atoms with Crippen molar-refractivity contribution in [2.75, 3.05) is 25.1 Å². The number of furan rings is 1. The summed E-state index contributed by atoms with van der Waals surface area (Å²) >= 11 is 0. The van der Waals surface area contributed by atoms with E-state index in [1.54, 1.807) is 0 Å². The van der Waals surface area contributed by atoms with Crippen LogP contribution in [0.3, 0.4) is 0 Å². The lowest BCUT2D eigenvalue weighted by atomic mass is 9.98. The zero-order valence-corrected chi connectivity index (χ0v) is 16.8. The number of aromatic nitrogens is 2. The fourth-order valence-corrected chi connectivity index (χ4v) is 3.82. The van der Waals surface area contributed by atoms with Crippen LogP contribution in [0.4, 0.5) is 5.82 Å². The van der Waals surface area contributed by atoms with Crippen LogP contribution in [0.5, 0.6) is 0 Å². The largest absolute Gasteiger partial charge is 0.437 e. The van der Waals surface area contributed by atoms with E-state index in [0.717, 1.165) is 34.3 Å². The molecule has 1 fully saturated rings. The van der Waals surface area contributed by atoms with Gasteiger partial charge in [-0.25, -0.2) is 9.97 Å². The van der Waals surface area contributed by atoms with E-state index in [1.807, 2.05) is 43.4 Å². The summed E-state index contributed by atoms with van der Waals surface area (Å²) in [5.41, 5.74) is 3.69. The van der Waals surface area contributed by atoms with Crippen LogP contribution in [-0.2, 0) is 9.47 Å². The molecule has 152 valence electrons. The van der Waals surface area contributed by atoms with Gasteiger partial charge in [0.05, 0.1) is 25.1 Å². The van der Waals surface area contributed by atoms with Gasteiger partial charge in [-0.05, 0) is 24.5 Å². The van der Waals surface area contributed by atoms with E-state index in [4.69, 9.17) is 13.9 Å². The van der Waals surface area contributed by atoms with Crippen LogP contribution in [0.2, 0.25) is 0 Å². The van der Waals surface area contributed by atoms with E-state index < -0.39 is 5.79 Å². The molecule has 5 rings (SSSR count). The molecule has 1 aliphatic heterocycles. The second-order valence-electron chi connectivity index (χ2n) is 7.47. The first-order valence-corrected chi connectivity index (χ1v) is 10.1. The molecular formula is C24H23N3O3. The lowest BCUT2D eigenvalue weighted by molar-refractivity contribution is -0.129. The van der Waals surface area contributed by atoms with Crippen molar-refractivity contribution in [2.45, 2.75) is 19.1 Å². The highest BCUT2D eigenvalue weighted by Gasteiger charge is 2.31. The Balaban J connectivity index is 1.65. The number of anilines is 1. The van der Waals surface area contributed by atoms with Crippen molar-refractivity contribution in [3.05, 3.63) is 72.8 Å². The Morgan fingerprint density at radius 2 is 1.87 bits per heavy atom. The Morgan fingerprint density at radius 3 is 2.70 bits per heavy atom. The van der Waals surface area contributed by atoms with Crippen LogP contribution >= 0.6 is 0 Å². The van der Waals surface area contributed by atoms with Crippen LogP contribution in [-0.4, -0.2) is 35.5 Å². The highest BCUT2D eigenvalue weighted by atomic mass is 16.7. The highest BCUT2D eigenvalue weighted by molar-refractivity contribution is 6.04. The van der Waals surface area contributed by atoms with Crippen molar-refractivity contribution in [1.82, 2.24) is 9.97 Å². The number of rotatable bonds is 5. The zero-order valence-electron chi connectivity index (χ0n) is 16.8. The maximum Gasteiger partial charge on any atom is 0.232 e. The maximum atomic E-state index is 6.30. The molecule has 0 bridgehead atoms. The molecule has 2 aromatic heterocycles. The van der Waals surface area contributed by atoms with Gasteiger partial charge in [-0.15, -0.1) is 0 Å². The Kier molecular flexibility index (Phi) is 4.94. The number of hydrogen-bond donors (Lipinski definition) is 1. The van der Waals surface area contributed by atoms with Gasteiger partial charge >= 0.3 is 0 Å². The standard InChI is InChI=1S/C24H23N3O3/c1-24(28-13-14-29-24)15-25-22-20-19(17-9-7-4-8-10-17)21(30-23(20)27-16-26-22)18-11-5-2-3-6-12-18/h2-11,16H,12-15H2,1H3,(H,25,26,27). The predicted octanol–water partition coefficient (Wildman–Crippen LogP) is 4.96. The van der Waals surface area contributed by atoms with Gasteiger partial charge in [-0.2, -0.15) is 0 Å². The predicted molar refractivity (Wildman–Crippen MR) is 117 cm³/mol. The van der Waals surface area contributed by atoms with Crippen molar-refractivity contribution in [1.29, 1.82) is 0 Å². The van der Waals surface area contributed by atoms with Crippen molar-refractivity contribution < 1.29 is 13.9 Å². The van der Waals surface area contributed by atoms with Gasteiger partial charge in [0.2, 0.25) is 5.71 Å². The first-order chi connectivity index (χ1) is 14.7. The van der Waals surface area contributed by atoms with Crippen LogP contribution in [0, 0.1) is 0 Å². The van der Waals surface area contributed by atoms with E-state index in [0.29, 0.717) is 31.3 Å². The van der Waals surface area contributed by atoms with E-state index in [1.165, 1.54) is 6.33 Å². The van der Waals surface area contributed by atoms with Crippen molar-refractivity contribution >= 4 is 22.5 Å². The molecule has 1 aromatic carbocycles. The smallest absolute Gasteiger partial charge is 0.232 e. The molecule has 0 amide bonds. The highest BCUT2D eigenvalue weighted by Crippen LogP contribution is 2.41. The monoisotopic (exact) mass is 401 g/mol. The van der Waals surface area contributed by atoms with Gasteiger partial charge in [0, 0.05) is 5.56 Å². The first kappa shape index (κ1) is 18.8. The number of nitrogens with one attached hydrogen (secondary N) is 1. The quantitative estimate of drug-likeness (QED) is 0.651. The molecule has 3 heterocycles. The number of benzene rings is 1. The summed E-state index contributed by atoms with van der Waals surface area (Å²) in [6.45, 7) is 3.59. The SMILES string of the molecule is CC1(CNc2ncnc3oc(C4=CC=CC=CC4)c(-c4ccccc4)c23)OCCO1. The van der Waals surface area contributed by atoms with E-state index in [9.17, 15) is 0 Å². The molecule has 2 aliphatic rings. The summed E-state index contributed by atoms with van der Waals surface area (Å²) in [7, 11) is 0. The number of fused-ring (bicyclic) bond motifs is 1. The molecule has 1 aliphatic carbocycles. The summed E-state index contributed by atoms with van der Waals surface area (Å²) in [6.07, 6.45) is 12.6. The summed E-state index contributed by atoms with van der Waals surface area (Å²) in [5.74, 6) is 0.848. The van der Waals surface area contributed by atoms with Crippen molar-refractivity contribution in [3.8, 4) is 11.1 Å². The Hall–Kier alpha value is -3.22. The molecule has 0 atom stereocenters. The first-order valence-electron chi connectivity index (χ1n) is 10.1. The van der Waals surface area contributed by atoms with Crippen LogP contribution in [0.25, 0.3) is 27.8 Å². The lowest BCUT2D eigenvalue weighted by Crippen LogP contribution is -2.34. The summed E-state index contributed by atoms with van der Waals surface area (Å²) < 4.78 is 17.8. The van der Waals surface area contributed by atoms with Gasteiger partial charge < -0.3 is 19.2 Å². The Morgan fingerprint density at radius 1 is 1.03 bits per heavy atom. The second-order valence-corrected chi connectivity index (χ2v) is 7.47. The third kappa shape index (κ3) is 3.56. The van der Waals surface area contributed by atoms with Crippen LogP contribution in [0.1, 0.15) is 19.1 Å². The van der Waals surface area contributed by atoms with Gasteiger partial charge in [0.1, 0.15) is 17.9 Å². The molecule has 0 unspecified atom stereocenters. The van der Waals surface area contributed by atoms with Gasteiger partial charge in [0.25, 0.3) is 0 Å². The average Bonchev–Trinajstić information content (AvgIpc) is 3.28. The van der Waals surface area contributed by atoms with Crippen LogP contribution < -0.4 is 5.32 Å². The second kappa shape index (κ2) is 7.89. The summed E-state index contributed by atoms with van der Waals surface area (Å²) in [6, 6.07) is 10.2. The van der Waals surface area contributed by atoms with Crippen LogP contribution in [0.15, 0.2) is 71.5 Å². The maximum absolute atomic E-state index is 6.30. The minimum Gasteiger partial charge on any atom is -0.437 e. The molecule has 0 saturated carbocycles. The molecule has 0 radical (unpaired) electrons. The van der Waals surface area contributed by atoms with Gasteiger partial charge in [-0.3, -0.25) is 0 Å². The van der Waals surface area contributed by atoms with E-state index >= 15 is 0 Å². The van der Waals surface area contributed by atoms with Crippen molar-refractivity contribution in [3.63, 3.8) is 0 Å². The molecule has 1 saturated heterocycles.